The van der Waals surface area contributed by atoms with E-state index in [4.69, 9.17) is 0 Å². The Hall–Kier alpha value is -1.95. The van der Waals surface area contributed by atoms with Gasteiger partial charge in [0.2, 0.25) is 9.84 Å². The van der Waals surface area contributed by atoms with Crippen LogP contribution in [0, 0.1) is 3.57 Å². The van der Waals surface area contributed by atoms with E-state index in [1.165, 1.54) is 43.3 Å². The molecule has 2 aromatic rings. The zero-order valence-corrected chi connectivity index (χ0v) is 17.4. The van der Waals surface area contributed by atoms with E-state index in [1.54, 1.807) is 6.07 Å². The van der Waals surface area contributed by atoms with Gasteiger partial charge in [0.25, 0.3) is 0 Å². The van der Waals surface area contributed by atoms with E-state index in [0.717, 1.165) is 0 Å². The Morgan fingerprint density at radius 2 is 1.79 bits per heavy atom. The second kappa shape index (κ2) is 8.60. The monoisotopic (exact) mass is 525 g/mol. The summed E-state index contributed by atoms with van der Waals surface area (Å²) in [6, 6.07) is 9.17. The highest BCUT2D eigenvalue weighted by Gasteiger charge is 2.39. The van der Waals surface area contributed by atoms with Crippen molar-refractivity contribution in [2.75, 3.05) is 0 Å². The van der Waals surface area contributed by atoms with Gasteiger partial charge in [-0.3, -0.25) is 9.59 Å². The van der Waals surface area contributed by atoms with Crippen LogP contribution in [-0.2, 0) is 21.1 Å². The lowest BCUT2D eigenvalue weighted by molar-refractivity contribution is -0.174. The van der Waals surface area contributed by atoms with Gasteiger partial charge in [-0.2, -0.15) is 13.2 Å². The lowest BCUT2D eigenvalue weighted by Crippen LogP contribution is -2.42. The average molecular weight is 525 g/mol. The number of sulfone groups is 1. The van der Waals surface area contributed by atoms with Gasteiger partial charge >= 0.3 is 12.1 Å². The van der Waals surface area contributed by atoms with Crippen LogP contribution in [0.4, 0.5) is 13.2 Å². The summed E-state index contributed by atoms with van der Waals surface area (Å²) < 4.78 is 63.1. The topological polar surface area (TPSA) is 80.3 Å². The molecule has 0 fully saturated rings. The van der Waals surface area contributed by atoms with Gasteiger partial charge in [0.05, 0.1) is 9.79 Å². The number of amides is 1. The zero-order valence-electron chi connectivity index (χ0n) is 14.5. The van der Waals surface area contributed by atoms with Crippen LogP contribution in [0.15, 0.2) is 52.3 Å². The maximum atomic E-state index is 12.8. The fourth-order valence-electron chi connectivity index (χ4n) is 2.48. The van der Waals surface area contributed by atoms with Crippen molar-refractivity contribution in [1.29, 1.82) is 0 Å². The highest BCUT2D eigenvalue weighted by atomic mass is 127. The zero-order chi connectivity index (χ0) is 21.1. The smallest absolute Gasteiger partial charge is 0.345 e. The second-order valence-corrected chi connectivity index (χ2v) is 9.19. The minimum atomic E-state index is -4.96. The average Bonchev–Trinajstić information content (AvgIpc) is 2.61. The highest BCUT2D eigenvalue weighted by molar-refractivity contribution is 14.1. The van der Waals surface area contributed by atoms with Gasteiger partial charge in [-0.05, 0) is 71.8 Å². The molecule has 0 radical (unpaired) electrons. The second-order valence-electron chi connectivity index (χ2n) is 6.02. The molecule has 0 saturated carbocycles. The van der Waals surface area contributed by atoms with Crippen molar-refractivity contribution in [3.8, 4) is 0 Å². The van der Waals surface area contributed by atoms with Crippen LogP contribution in [0.3, 0.4) is 0 Å². The Morgan fingerprint density at radius 3 is 2.32 bits per heavy atom. The molecule has 28 heavy (non-hydrogen) atoms. The molecule has 0 aliphatic carbocycles. The third-order valence-electron chi connectivity index (χ3n) is 3.80. The first-order valence-corrected chi connectivity index (χ1v) is 10.5. The number of rotatable bonds is 6. The first-order valence-electron chi connectivity index (χ1n) is 7.91. The van der Waals surface area contributed by atoms with Gasteiger partial charge in [-0.25, -0.2) is 8.42 Å². The molecule has 0 bridgehead atoms. The molecule has 0 unspecified atom stereocenters. The van der Waals surface area contributed by atoms with Crippen molar-refractivity contribution in [3.63, 3.8) is 0 Å². The van der Waals surface area contributed by atoms with Gasteiger partial charge in [-0.1, -0.05) is 12.1 Å². The summed E-state index contributed by atoms with van der Waals surface area (Å²) in [7, 11) is -3.94. The third-order valence-corrected chi connectivity index (χ3v) is 6.30. The van der Waals surface area contributed by atoms with Crippen LogP contribution in [0.1, 0.15) is 22.8 Å². The van der Waals surface area contributed by atoms with Gasteiger partial charge in [0.1, 0.15) is 0 Å². The molecule has 0 aliphatic rings. The Balaban J connectivity index is 2.21. The molecule has 0 saturated heterocycles. The molecule has 0 spiro atoms. The molecule has 0 aliphatic heterocycles. The highest BCUT2D eigenvalue weighted by Crippen LogP contribution is 2.26. The number of carbonyl (C=O) groups is 2. The fourth-order valence-corrected chi connectivity index (χ4v) is 4.64. The summed E-state index contributed by atoms with van der Waals surface area (Å²) in [4.78, 5) is 22.0. The van der Waals surface area contributed by atoms with Gasteiger partial charge < -0.3 is 5.32 Å². The van der Waals surface area contributed by atoms with E-state index in [0.29, 0.717) is 15.4 Å². The van der Waals surface area contributed by atoms with E-state index in [-0.39, 0.29) is 21.8 Å². The molecule has 0 aromatic heterocycles. The molecule has 1 N–H and O–H groups in total. The first-order chi connectivity index (χ1) is 12.9. The molecule has 2 aromatic carbocycles. The third kappa shape index (κ3) is 5.31. The van der Waals surface area contributed by atoms with Crippen molar-refractivity contribution >= 4 is 44.6 Å². The molecule has 1 amide bonds. The van der Waals surface area contributed by atoms with Crippen molar-refractivity contribution in [1.82, 2.24) is 5.32 Å². The quantitative estimate of drug-likeness (QED) is 0.463. The normalized spacial score (nSPS) is 13.0. The van der Waals surface area contributed by atoms with E-state index in [9.17, 15) is 31.2 Å². The number of alkyl halides is 3. The lowest BCUT2D eigenvalue weighted by atomic mass is 10.1. The first kappa shape index (κ1) is 22.3. The van der Waals surface area contributed by atoms with Crippen LogP contribution >= 0.6 is 22.6 Å². The summed E-state index contributed by atoms with van der Waals surface area (Å²) in [5.74, 6) is -2.03. The molecular weight excluding hydrogens is 510 g/mol. The summed E-state index contributed by atoms with van der Waals surface area (Å²) in [6.07, 6.45) is -4.41. The lowest BCUT2D eigenvalue weighted by Gasteiger charge is -2.15. The maximum Gasteiger partial charge on any atom is 0.471 e. The maximum absolute atomic E-state index is 12.8. The van der Waals surface area contributed by atoms with E-state index in [1.807, 2.05) is 27.9 Å². The van der Waals surface area contributed by atoms with Gasteiger partial charge in [0, 0.05) is 15.2 Å². The predicted octanol–water partition coefficient (Wildman–Crippen LogP) is 3.55. The predicted molar refractivity (Wildman–Crippen MR) is 104 cm³/mol. The van der Waals surface area contributed by atoms with Crippen LogP contribution < -0.4 is 5.32 Å². The molecule has 1 atom stereocenters. The van der Waals surface area contributed by atoms with Crippen molar-refractivity contribution in [2.45, 2.75) is 35.4 Å². The SMILES string of the molecule is C[C@H](Cc1ccc(S(=O)(=O)c2cc(I)ccc2C=O)cc1)NC(=O)C(F)(F)F. The molecule has 10 heteroatoms. The number of hydrogen-bond acceptors (Lipinski definition) is 4. The summed E-state index contributed by atoms with van der Waals surface area (Å²) >= 11 is 1.94. The van der Waals surface area contributed by atoms with Gasteiger partial charge in [0.15, 0.2) is 6.29 Å². The van der Waals surface area contributed by atoms with Crippen LogP contribution in [0.5, 0.6) is 0 Å². The van der Waals surface area contributed by atoms with Crippen LogP contribution in [0.2, 0.25) is 0 Å². The van der Waals surface area contributed by atoms with Crippen molar-refractivity contribution in [2.24, 2.45) is 0 Å². The Morgan fingerprint density at radius 1 is 1.18 bits per heavy atom. The number of hydrogen-bond donors (Lipinski definition) is 1. The number of halogens is 4. The number of benzene rings is 2. The summed E-state index contributed by atoms with van der Waals surface area (Å²) in [5.41, 5.74) is 0.583. The van der Waals surface area contributed by atoms with Crippen LogP contribution in [0.25, 0.3) is 0 Å². The molecule has 150 valence electrons. The molecule has 2 rings (SSSR count). The van der Waals surface area contributed by atoms with E-state index < -0.39 is 28.0 Å². The number of carbonyl (C=O) groups excluding carboxylic acids is 2. The van der Waals surface area contributed by atoms with Crippen molar-refractivity contribution < 1.29 is 31.2 Å². The van der Waals surface area contributed by atoms with Gasteiger partial charge in [-0.15, -0.1) is 0 Å². The van der Waals surface area contributed by atoms with Crippen molar-refractivity contribution in [3.05, 3.63) is 57.2 Å². The Bertz CT molecular complexity index is 989. The van der Waals surface area contributed by atoms with E-state index >= 15 is 0 Å². The molecule has 5 nitrogen and oxygen atoms in total. The standard InChI is InChI=1S/C18H15F3INO4S/c1-11(23-17(25)18(19,20)21)8-12-2-6-15(7-3-12)28(26,27)16-9-14(22)5-4-13(16)10-24/h2-7,9-11H,8H2,1H3,(H,23,25)/t11-/m1/s1. The fraction of sp³-hybridized carbons (Fsp3) is 0.222. The Labute approximate surface area is 173 Å². The summed E-state index contributed by atoms with van der Waals surface area (Å²) in [5, 5.41) is 1.84. The van der Waals surface area contributed by atoms with Crippen LogP contribution in [-0.4, -0.2) is 32.8 Å². The number of aldehydes is 1. The Kier molecular flexibility index (Phi) is 6.86. The molecular formula is C18H15F3INO4S. The largest absolute Gasteiger partial charge is 0.471 e. The number of nitrogens with one attached hydrogen (secondary N) is 1. The minimum Gasteiger partial charge on any atom is -0.345 e. The minimum absolute atomic E-state index is 0.0352. The molecule has 0 heterocycles. The van der Waals surface area contributed by atoms with E-state index in [2.05, 4.69) is 0 Å². The summed E-state index contributed by atoms with van der Waals surface area (Å²) in [6.45, 7) is 1.41.